The number of ether oxygens (including phenoxy) is 1. The molecule has 0 aliphatic carbocycles. The van der Waals surface area contributed by atoms with Crippen molar-refractivity contribution in [3.8, 4) is 5.75 Å². The molecule has 1 heterocycles. The lowest BCUT2D eigenvalue weighted by Gasteiger charge is -2.31. The Kier molecular flexibility index (Phi) is 6.48. The van der Waals surface area contributed by atoms with Crippen LogP contribution < -0.4 is 10.1 Å². The van der Waals surface area contributed by atoms with Gasteiger partial charge in [0.05, 0.1) is 4.90 Å². The number of hydrogen-bond donors (Lipinski definition) is 1. The summed E-state index contributed by atoms with van der Waals surface area (Å²) in [5, 5.41) is 3.09. The van der Waals surface area contributed by atoms with Crippen LogP contribution in [0.3, 0.4) is 0 Å². The smallest absolute Gasteiger partial charge is 0.387 e. The third kappa shape index (κ3) is 4.25. The molecule has 0 radical (unpaired) electrons. The van der Waals surface area contributed by atoms with Gasteiger partial charge in [-0.2, -0.15) is 13.1 Å². The molecular formula is C12H16ClF3N2O3S. The van der Waals surface area contributed by atoms with Crippen molar-refractivity contribution in [1.82, 2.24) is 9.62 Å². The molecule has 0 aromatic heterocycles. The van der Waals surface area contributed by atoms with Gasteiger partial charge in [0, 0.05) is 25.7 Å². The number of sulfonamides is 1. The van der Waals surface area contributed by atoms with E-state index >= 15 is 0 Å². The predicted molar refractivity (Wildman–Crippen MR) is 76.5 cm³/mol. The molecule has 1 fully saturated rings. The zero-order chi connectivity index (χ0) is 15.6. The van der Waals surface area contributed by atoms with Crippen molar-refractivity contribution in [3.05, 3.63) is 24.0 Å². The second-order valence-corrected chi connectivity index (χ2v) is 6.63. The SMILES string of the molecule is C[C@H]1CN(S(=O)(=O)c2ccc(OC(F)F)c(F)c2)CCN1.Cl. The van der Waals surface area contributed by atoms with Gasteiger partial charge in [-0.1, -0.05) is 0 Å². The normalized spacial score (nSPS) is 19.8. The highest BCUT2D eigenvalue weighted by Gasteiger charge is 2.29. The van der Waals surface area contributed by atoms with E-state index in [1.807, 2.05) is 6.92 Å². The largest absolute Gasteiger partial charge is 0.432 e. The monoisotopic (exact) mass is 360 g/mol. The highest BCUT2D eigenvalue weighted by molar-refractivity contribution is 7.89. The minimum atomic E-state index is -3.85. The molecular weight excluding hydrogens is 345 g/mol. The van der Waals surface area contributed by atoms with Gasteiger partial charge in [0.2, 0.25) is 10.0 Å². The van der Waals surface area contributed by atoms with E-state index in [9.17, 15) is 21.6 Å². The van der Waals surface area contributed by atoms with Gasteiger partial charge in [0.25, 0.3) is 0 Å². The van der Waals surface area contributed by atoms with Gasteiger partial charge in [0.1, 0.15) is 0 Å². The summed E-state index contributed by atoms with van der Waals surface area (Å²) in [7, 11) is -3.85. The van der Waals surface area contributed by atoms with Crippen molar-refractivity contribution in [2.24, 2.45) is 0 Å². The van der Waals surface area contributed by atoms with Crippen molar-refractivity contribution in [2.75, 3.05) is 19.6 Å². The maximum Gasteiger partial charge on any atom is 0.387 e. The number of halogens is 4. The Morgan fingerprint density at radius 1 is 1.41 bits per heavy atom. The molecule has 0 spiro atoms. The van der Waals surface area contributed by atoms with Gasteiger partial charge >= 0.3 is 6.61 Å². The summed E-state index contributed by atoms with van der Waals surface area (Å²) in [4.78, 5) is -0.282. The second kappa shape index (κ2) is 7.49. The minimum absolute atomic E-state index is 0. The highest BCUT2D eigenvalue weighted by Crippen LogP contribution is 2.25. The van der Waals surface area contributed by atoms with Crippen LogP contribution in [0.1, 0.15) is 6.92 Å². The molecule has 0 saturated carbocycles. The van der Waals surface area contributed by atoms with Gasteiger partial charge in [-0.25, -0.2) is 12.8 Å². The van der Waals surface area contributed by atoms with E-state index in [0.29, 0.717) is 12.6 Å². The van der Waals surface area contributed by atoms with Crippen LogP contribution in [0.25, 0.3) is 0 Å². The van der Waals surface area contributed by atoms with Crippen molar-refractivity contribution in [3.63, 3.8) is 0 Å². The first-order chi connectivity index (χ1) is 9.80. The fourth-order valence-electron chi connectivity index (χ4n) is 2.10. The number of benzene rings is 1. The number of rotatable bonds is 4. The van der Waals surface area contributed by atoms with Crippen molar-refractivity contribution < 1.29 is 26.3 Å². The van der Waals surface area contributed by atoms with E-state index in [1.165, 1.54) is 4.31 Å². The minimum Gasteiger partial charge on any atom is -0.432 e. The van der Waals surface area contributed by atoms with E-state index in [2.05, 4.69) is 10.1 Å². The molecule has 22 heavy (non-hydrogen) atoms. The van der Waals surface area contributed by atoms with Gasteiger partial charge in [0.15, 0.2) is 11.6 Å². The Morgan fingerprint density at radius 3 is 2.64 bits per heavy atom. The first-order valence-electron chi connectivity index (χ1n) is 6.28. The molecule has 1 atom stereocenters. The van der Waals surface area contributed by atoms with Crippen LogP contribution in [0.15, 0.2) is 23.1 Å². The number of hydrogen-bond acceptors (Lipinski definition) is 4. The predicted octanol–water partition coefficient (Wildman–Crippen LogP) is 1.83. The molecule has 10 heteroatoms. The lowest BCUT2D eigenvalue weighted by atomic mass is 10.3. The van der Waals surface area contributed by atoms with Crippen molar-refractivity contribution >= 4 is 22.4 Å². The standard InChI is InChI=1S/C12H15F3N2O3S.ClH/c1-8-7-17(5-4-16-8)21(18,19)9-2-3-11(10(13)6-9)20-12(14)15;/h2-3,6,8,12,16H,4-5,7H2,1H3;1H/t8-;/m0./s1. The second-order valence-electron chi connectivity index (χ2n) is 4.69. The fourth-order valence-corrected chi connectivity index (χ4v) is 3.64. The summed E-state index contributed by atoms with van der Waals surface area (Å²) in [6, 6.07) is 2.63. The van der Waals surface area contributed by atoms with Gasteiger partial charge in [-0.15, -0.1) is 12.4 Å². The van der Waals surface area contributed by atoms with E-state index < -0.39 is 28.2 Å². The lowest BCUT2D eigenvalue weighted by Crippen LogP contribution is -2.51. The van der Waals surface area contributed by atoms with Crippen LogP contribution in [-0.4, -0.2) is 45.0 Å². The molecule has 5 nitrogen and oxygen atoms in total. The Morgan fingerprint density at radius 2 is 2.09 bits per heavy atom. The first-order valence-corrected chi connectivity index (χ1v) is 7.72. The maximum atomic E-state index is 13.6. The van der Waals surface area contributed by atoms with Gasteiger partial charge in [-0.3, -0.25) is 0 Å². The molecule has 2 rings (SSSR count). The van der Waals surface area contributed by atoms with Crippen LogP contribution >= 0.6 is 12.4 Å². The number of nitrogens with zero attached hydrogens (tertiary/aromatic N) is 1. The lowest BCUT2D eigenvalue weighted by molar-refractivity contribution is -0.0522. The molecule has 0 unspecified atom stereocenters. The summed E-state index contributed by atoms with van der Waals surface area (Å²) in [6.45, 7) is -0.309. The molecule has 1 aliphatic rings. The third-order valence-corrected chi connectivity index (χ3v) is 4.95. The van der Waals surface area contributed by atoms with Crippen LogP contribution in [0, 0.1) is 5.82 Å². The molecule has 1 N–H and O–H groups in total. The van der Waals surface area contributed by atoms with Crippen LogP contribution in [-0.2, 0) is 10.0 Å². The Hall–Kier alpha value is -1.03. The average molecular weight is 361 g/mol. The fraction of sp³-hybridized carbons (Fsp3) is 0.500. The van der Waals surface area contributed by atoms with Crippen molar-refractivity contribution in [1.29, 1.82) is 0 Å². The molecule has 1 aromatic carbocycles. The van der Waals surface area contributed by atoms with Crippen LogP contribution in [0.2, 0.25) is 0 Å². The summed E-state index contributed by atoms with van der Waals surface area (Å²) in [5.74, 6) is -1.82. The van der Waals surface area contributed by atoms with Crippen LogP contribution in [0.5, 0.6) is 5.75 Å². The maximum absolute atomic E-state index is 13.6. The van der Waals surface area contributed by atoms with Crippen LogP contribution in [0.4, 0.5) is 13.2 Å². The number of piperazine rings is 1. The Labute approximate surface area is 132 Å². The van der Waals surface area contributed by atoms with E-state index in [1.54, 1.807) is 0 Å². The van der Waals surface area contributed by atoms with E-state index in [0.717, 1.165) is 12.1 Å². The zero-order valence-corrected chi connectivity index (χ0v) is 13.3. The Bertz CT molecular complexity index is 616. The molecule has 1 aliphatic heterocycles. The molecule has 126 valence electrons. The number of alkyl halides is 2. The molecule has 1 aromatic rings. The van der Waals surface area contributed by atoms with E-state index in [-0.39, 0.29) is 36.4 Å². The average Bonchev–Trinajstić information content (AvgIpc) is 2.40. The summed E-state index contributed by atoms with van der Waals surface area (Å²) < 4.78 is 67.6. The highest BCUT2D eigenvalue weighted by atomic mass is 35.5. The zero-order valence-electron chi connectivity index (χ0n) is 11.6. The third-order valence-electron chi connectivity index (χ3n) is 3.09. The first kappa shape index (κ1) is 19.0. The Balaban J connectivity index is 0.00000242. The molecule has 0 bridgehead atoms. The topological polar surface area (TPSA) is 58.6 Å². The van der Waals surface area contributed by atoms with Gasteiger partial charge < -0.3 is 10.1 Å². The molecule has 1 saturated heterocycles. The summed E-state index contributed by atoms with van der Waals surface area (Å²) >= 11 is 0. The quantitative estimate of drug-likeness (QED) is 0.890. The summed E-state index contributed by atoms with van der Waals surface area (Å²) in [6.07, 6.45) is 0. The van der Waals surface area contributed by atoms with Crippen molar-refractivity contribution in [2.45, 2.75) is 24.5 Å². The summed E-state index contributed by atoms with van der Waals surface area (Å²) in [5.41, 5.74) is 0. The number of nitrogens with one attached hydrogen (secondary N) is 1. The van der Waals surface area contributed by atoms with E-state index in [4.69, 9.17) is 0 Å². The van der Waals surface area contributed by atoms with Gasteiger partial charge in [-0.05, 0) is 25.1 Å². The molecule has 0 amide bonds.